The van der Waals surface area contributed by atoms with Crippen molar-refractivity contribution >= 4 is 40.4 Å². The number of imidazole rings is 1. The van der Waals surface area contributed by atoms with Crippen molar-refractivity contribution in [1.29, 1.82) is 0 Å². The molecule has 1 N–H and O–H groups in total. The van der Waals surface area contributed by atoms with Gasteiger partial charge in [-0.3, -0.25) is 4.84 Å². The molecule has 0 atom stereocenters. The molecule has 0 unspecified atom stereocenters. The molecular formula is C10H11Cl2N3. The first-order valence-corrected chi connectivity index (χ1v) is 5.44. The van der Waals surface area contributed by atoms with E-state index in [4.69, 9.17) is 23.4 Å². The van der Waals surface area contributed by atoms with Crippen molar-refractivity contribution in [3.05, 3.63) is 23.2 Å². The minimum Gasteiger partial charge on any atom is -0.307 e. The Hall–Kier alpha value is -0.930. The Labute approximate surface area is 98.1 Å². The first kappa shape index (κ1) is 10.6. The van der Waals surface area contributed by atoms with E-state index in [2.05, 4.69) is 23.7 Å². The molecule has 0 saturated heterocycles. The lowest BCUT2D eigenvalue weighted by Crippen LogP contribution is -2.03. The molecule has 0 saturated carbocycles. The zero-order chi connectivity index (χ0) is 11.0. The molecular weight excluding hydrogens is 233 g/mol. The standard InChI is InChI=1S/C10H11Cl2N3/c1-6(2)15-8-5-3-4-7(11)9(8)13-10(15)14-12/h3-6H,1-2H3,(H,13,14). The second-order valence-electron chi connectivity index (χ2n) is 3.60. The normalized spacial score (nSPS) is 11.3. The van der Waals surface area contributed by atoms with Gasteiger partial charge in [-0.15, -0.1) is 0 Å². The van der Waals surface area contributed by atoms with Crippen molar-refractivity contribution in [2.24, 2.45) is 0 Å². The van der Waals surface area contributed by atoms with Gasteiger partial charge in [0.1, 0.15) is 5.52 Å². The summed E-state index contributed by atoms with van der Waals surface area (Å²) in [6.45, 7) is 4.14. The Morgan fingerprint density at radius 3 is 2.73 bits per heavy atom. The largest absolute Gasteiger partial charge is 0.307 e. The first-order chi connectivity index (χ1) is 7.15. The second-order valence-corrected chi connectivity index (χ2v) is 4.20. The average molecular weight is 244 g/mol. The summed E-state index contributed by atoms with van der Waals surface area (Å²) in [5.41, 5.74) is 1.76. The van der Waals surface area contributed by atoms with Crippen molar-refractivity contribution < 1.29 is 0 Å². The van der Waals surface area contributed by atoms with Gasteiger partial charge in [0.05, 0.1) is 10.5 Å². The molecule has 80 valence electrons. The third kappa shape index (κ3) is 1.66. The predicted molar refractivity (Wildman–Crippen MR) is 64.6 cm³/mol. The maximum Gasteiger partial charge on any atom is 0.219 e. The van der Waals surface area contributed by atoms with E-state index in [0.29, 0.717) is 11.0 Å². The highest BCUT2D eigenvalue weighted by Gasteiger charge is 2.13. The topological polar surface area (TPSA) is 29.9 Å². The average Bonchev–Trinajstić information content (AvgIpc) is 2.57. The molecule has 0 amide bonds. The minimum absolute atomic E-state index is 0.273. The van der Waals surface area contributed by atoms with Gasteiger partial charge < -0.3 is 4.57 Å². The SMILES string of the molecule is CC(C)n1c(NCl)nc2c(Cl)cccc21. The van der Waals surface area contributed by atoms with Crippen LogP contribution in [0.25, 0.3) is 11.0 Å². The zero-order valence-corrected chi connectivity index (χ0v) is 9.97. The highest BCUT2D eigenvalue weighted by atomic mass is 35.5. The lowest BCUT2D eigenvalue weighted by molar-refractivity contribution is 0.627. The van der Waals surface area contributed by atoms with Gasteiger partial charge in [0.2, 0.25) is 5.95 Å². The summed E-state index contributed by atoms with van der Waals surface area (Å²) in [6.07, 6.45) is 0. The maximum atomic E-state index is 6.06. The first-order valence-electron chi connectivity index (χ1n) is 4.68. The molecule has 5 heteroatoms. The monoisotopic (exact) mass is 243 g/mol. The highest BCUT2D eigenvalue weighted by Crippen LogP contribution is 2.29. The minimum atomic E-state index is 0.273. The van der Waals surface area contributed by atoms with Crippen molar-refractivity contribution in [3.63, 3.8) is 0 Å². The van der Waals surface area contributed by atoms with E-state index in [0.717, 1.165) is 11.0 Å². The van der Waals surface area contributed by atoms with E-state index >= 15 is 0 Å². The van der Waals surface area contributed by atoms with Gasteiger partial charge >= 0.3 is 0 Å². The molecule has 15 heavy (non-hydrogen) atoms. The van der Waals surface area contributed by atoms with Gasteiger partial charge in [0, 0.05) is 17.8 Å². The fourth-order valence-corrected chi connectivity index (χ4v) is 2.02. The number of benzene rings is 1. The van der Waals surface area contributed by atoms with Gasteiger partial charge in [-0.05, 0) is 26.0 Å². The summed E-state index contributed by atoms with van der Waals surface area (Å²) in [6, 6.07) is 5.98. The summed E-state index contributed by atoms with van der Waals surface area (Å²) >= 11 is 11.7. The number of anilines is 1. The number of fused-ring (bicyclic) bond motifs is 1. The summed E-state index contributed by atoms with van der Waals surface area (Å²) in [4.78, 5) is 6.90. The molecule has 0 bridgehead atoms. The smallest absolute Gasteiger partial charge is 0.219 e. The van der Waals surface area contributed by atoms with Crippen molar-refractivity contribution in [2.45, 2.75) is 19.9 Å². The molecule has 2 aromatic rings. The Balaban J connectivity index is 2.80. The lowest BCUT2D eigenvalue weighted by Gasteiger charge is -2.11. The zero-order valence-electron chi connectivity index (χ0n) is 8.46. The number of aromatic nitrogens is 2. The Bertz CT molecular complexity index is 491. The van der Waals surface area contributed by atoms with Crippen LogP contribution in [0.5, 0.6) is 0 Å². The molecule has 0 fully saturated rings. The van der Waals surface area contributed by atoms with Crippen LogP contribution in [0.1, 0.15) is 19.9 Å². The van der Waals surface area contributed by atoms with Gasteiger partial charge in [-0.25, -0.2) is 4.98 Å². The molecule has 0 aliphatic rings. The van der Waals surface area contributed by atoms with E-state index in [-0.39, 0.29) is 6.04 Å². The van der Waals surface area contributed by atoms with Crippen LogP contribution < -0.4 is 4.84 Å². The van der Waals surface area contributed by atoms with E-state index < -0.39 is 0 Å². The van der Waals surface area contributed by atoms with E-state index in [1.807, 2.05) is 22.8 Å². The van der Waals surface area contributed by atoms with E-state index in [9.17, 15) is 0 Å². The molecule has 1 aromatic heterocycles. The van der Waals surface area contributed by atoms with Crippen LogP contribution in [0, 0.1) is 0 Å². The number of nitrogens with one attached hydrogen (secondary N) is 1. The summed E-state index contributed by atoms with van der Waals surface area (Å²) in [5.74, 6) is 0.620. The molecule has 2 rings (SSSR count). The third-order valence-corrected chi connectivity index (χ3v) is 2.75. The van der Waals surface area contributed by atoms with Crippen LogP contribution in [-0.2, 0) is 0 Å². The molecule has 0 aliphatic heterocycles. The number of para-hydroxylation sites is 1. The van der Waals surface area contributed by atoms with Crippen LogP contribution in [0.15, 0.2) is 18.2 Å². The number of hydrogen-bond donors (Lipinski definition) is 1. The van der Waals surface area contributed by atoms with Crippen molar-refractivity contribution in [1.82, 2.24) is 9.55 Å². The van der Waals surface area contributed by atoms with Crippen LogP contribution >= 0.6 is 23.4 Å². The van der Waals surface area contributed by atoms with Crippen LogP contribution in [-0.4, -0.2) is 9.55 Å². The number of hydrogen-bond acceptors (Lipinski definition) is 2. The van der Waals surface area contributed by atoms with E-state index in [1.165, 1.54) is 0 Å². The third-order valence-electron chi connectivity index (χ3n) is 2.27. The van der Waals surface area contributed by atoms with Crippen LogP contribution in [0.4, 0.5) is 5.95 Å². The second kappa shape index (κ2) is 3.91. The lowest BCUT2D eigenvalue weighted by atomic mass is 10.3. The number of nitrogens with zero attached hydrogens (tertiary/aromatic N) is 2. The fraction of sp³-hybridized carbons (Fsp3) is 0.300. The van der Waals surface area contributed by atoms with Crippen LogP contribution in [0.3, 0.4) is 0 Å². The Morgan fingerprint density at radius 1 is 1.40 bits per heavy atom. The maximum absolute atomic E-state index is 6.06. The fourth-order valence-electron chi connectivity index (χ4n) is 1.67. The van der Waals surface area contributed by atoms with Gasteiger partial charge in [0.25, 0.3) is 0 Å². The number of rotatable bonds is 2. The van der Waals surface area contributed by atoms with Gasteiger partial charge in [-0.2, -0.15) is 0 Å². The molecule has 1 heterocycles. The summed E-state index contributed by atoms with van der Waals surface area (Å²) < 4.78 is 2.01. The highest BCUT2D eigenvalue weighted by molar-refractivity contribution is 6.35. The van der Waals surface area contributed by atoms with Gasteiger partial charge in [0.15, 0.2) is 0 Å². The van der Waals surface area contributed by atoms with E-state index in [1.54, 1.807) is 0 Å². The van der Waals surface area contributed by atoms with Crippen molar-refractivity contribution in [2.75, 3.05) is 4.84 Å². The Kier molecular flexibility index (Phi) is 2.76. The number of halogens is 2. The van der Waals surface area contributed by atoms with Gasteiger partial charge in [-0.1, -0.05) is 17.7 Å². The molecule has 0 radical (unpaired) electrons. The quantitative estimate of drug-likeness (QED) is 0.813. The molecule has 0 spiro atoms. The summed E-state index contributed by atoms with van der Waals surface area (Å²) in [7, 11) is 0. The summed E-state index contributed by atoms with van der Waals surface area (Å²) in [5, 5.41) is 0.639. The molecule has 3 nitrogen and oxygen atoms in total. The Morgan fingerprint density at radius 2 is 2.13 bits per heavy atom. The van der Waals surface area contributed by atoms with Crippen LogP contribution in [0.2, 0.25) is 5.02 Å². The predicted octanol–water partition coefficient (Wildman–Crippen LogP) is 3.84. The van der Waals surface area contributed by atoms with Crippen molar-refractivity contribution in [3.8, 4) is 0 Å². The molecule has 0 aliphatic carbocycles. The molecule has 1 aromatic carbocycles.